The average Bonchev–Trinajstić information content (AvgIpc) is 2.26. The van der Waals surface area contributed by atoms with Gasteiger partial charge in [-0.2, -0.15) is 0 Å². The number of rotatable bonds is 4. The lowest BCUT2D eigenvalue weighted by molar-refractivity contribution is 0.324. The molecule has 3 heteroatoms. The summed E-state index contributed by atoms with van der Waals surface area (Å²) >= 11 is 0. The van der Waals surface area contributed by atoms with Crippen molar-refractivity contribution in [1.29, 1.82) is 0 Å². The summed E-state index contributed by atoms with van der Waals surface area (Å²) in [6, 6.07) is 3.74. The van der Waals surface area contributed by atoms with Crippen molar-refractivity contribution in [2.75, 3.05) is 21.3 Å². The van der Waals surface area contributed by atoms with Crippen LogP contribution in [0.4, 0.5) is 0 Å². The SMILES string of the molecule is C=C(C)c1ccc(OC)c(OC)c1OC. The Morgan fingerprint density at radius 3 is 2.00 bits per heavy atom. The molecule has 0 saturated carbocycles. The number of methoxy groups -OCH3 is 3. The van der Waals surface area contributed by atoms with E-state index in [0.717, 1.165) is 11.1 Å². The maximum atomic E-state index is 5.31. The van der Waals surface area contributed by atoms with Crippen molar-refractivity contribution in [1.82, 2.24) is 0 Å². The summed E-state index contributed by atoms with van der Waals surface area (Å²) in [7, 11) is 4.78. The second-order valence-electron chi connectivity index (χ2n) is 3.16. The van der Waals surface area contributed by atoms with Gasteiger partial charge in [-0.25, -0.2) is 0 Å². The van der Waals surface area contributed by atoms with Gasteiger partial charge < -0.3 is 14.2 Å². The molecular weight excluding hydrogens is 192 g/mol. The van der Waals surface area contributed by atoms with E-state index >= 15 is 0 Å². The topological polar surface area (TPSA) is 27.7 Å². The fourth-order valence-corrected chi connectivity index (χ4v) is 1.44. The van der Waals surface area contributed by atoms with Gasteiger partial charge in [-0.05, 0) is 24.6 Å². The van der Waals surface area contributed by atoms with Gasteiger partial charge >= 0.3 is 0 Å². The first-order valence-corrected chi connectivity index (χ1v) is 4.60. The molecule has 1 rings (SSSR count). The molecular formula is C12H16O3. The van der Waals surface area contributed by atoms with Crippen LogP contribution in [0.15, 0.2) is 18.7 Å². The highest BCUT2D eigenvalue weighted by atomic mass is 16.5. The fraction of sp³-hybridized carbons (Fsp3) is 0.333. The summed E-state index contributed by atoms with van der Waals surface area (Å²) in [6.07, 6.45) is 0. The normalized spacial score (nSPS) is 9.60. The lowest BCUT2D eigenvalue weighted by Gasteiger charge is -2.15. The Balaban J connectivity index is 3.40. The monoisotopic (exact) mass is 208 g/mol. The van der Waals surface area contributed by atoms with Crippen molar-refractivity contribution < 1.29 is 14.2 Å². The zero-order valence-corrected chi connectivity index (χ0v) is 9.59. The predicted octanol–water partition coefficient (Wildman–Crippen LogP) is 2.75. The molecule has 0 fully saturated rings. The van der Waals surface area contributed by atoms with Crippen LogP contribution in [0.25, 0.3) is 5.57 Å². The minimum Gasteiger partial charge on any atom is -0.493 e. The molecule has 0 atom stereocenters. The quantitative estimate of drug-likeness (QED) is 0.761. The highest BCUT2D eigenvalue weighted by Crippen LogP contribution is 2.41. The summed E-state index contributed by atoms with van der Waals surface area (Å²) in [6.45, 7) is 5.81. The van der Waals surface area contributed by atoms with Crippen LogP contribution in [0.5, 0.6) is 17.2 Å². The Labute approximate surface area is 90.3 Å². The van der Waals surface area contributed by atoms with E-state index in [2.05, 4.69) is 6.58 Å². The Hall–Kier alpha value is -1.64. The number of ether oxygens (including phenoxy) is 3. The molecule has 0 aliphatic rings. The molecule has 0 amide bonds. The van der Waals surface area contributed by atoms with Crippen LogP contribution >= 0.6 is 0 Å². The molecule has 0 aromatic heterocycles. The third-order valence-electron chi connectivity index (χ3n) is 2.16. The van der Waals surface area contributed by atoms with E-state index in [0.29, 0.717) is 17.2 Å². The van der Waals surface area contributed by atoms with Crippen molar-refractivity contribution in [3.8, 4) is 17.2 Å². The van der Waals surface area contributed by atoms with E-state index in [4.69, 9.17) is 14.2 Å². The highest BCUT2D eigenvalue weighted by Gasteiger charge is 2.15. The maximum Gasteiger partial charge on any atom is 0.203 e. The first kappa shape index (κ1) is 11.4. The molecule has 0 spiro atoms. The molecule has 0 unspecified atom stereocenters. The highest BCUT2D eigenvalue weighted by molar-refractivity contribution is 5.72. The summed E-state index contributed by atoms with van der Waals surface area (Å²) in [5.74, 6) is 1.91. The van der Waals surface area contributed by atoms with Gasteiger partial charge in [-0.15, -0.1) is 0 Å². The first-order valence-electron chi connectivity index (χ1n) is 4.60. The standard InChI is InChI=1S/C12H16O3/c1-8(2)9-6-7-10(13-3)12(15-5)11(9)14-4/h6-7H,1H2,2-5H3. The van der Waals surface area contributed by atoms with Crippen LogP contribution in [0.3, 0.4) is 0 Å². The van der Waals surface area contributed by atoms with Gasteiger partial charge in [0.1, 0.15) is 0 Å². The predicted molar refractivity (Wildman–Crippen MR) is 60.8 cm³/mol. The van der Waals surface area contributed by atoms with Crippen LogP contribution in [0.1, 0.15) is 12.5 Å². The van der Waals surface area contributed by atoms with Crippen molar-refractivity contribution >= 4 is 5.57 Å². The van der Waals surface area contributed by atoms with Crippen molar-refractivity contribution in [2.24, 2.45) is 0 Å². The fourth-order valence-electron chi connectivity index (χ4n) is 1.44. The lowest BCUT2D eigenvalue weighted by Crippen LogP contribution is -1.97. The molecule has 0 aliphatic heterocycles. The minimum absolute atomic E-state index is 0.598. The summed E-state index contributed by atoms with van der Waals surface area (Å²) in [5.41, 5.74) is 1.85. The summed E-state index contributed by atoms with van der Waals surface area (Å²) in [5, 5.41) is 0. The van der Waals surface area contributed by atoms with Gasteiger partial charge in [0.15, 0.2) is 11.5 Å². The Kier molecular flexibility index (Phi) is 3.61. The molecule has 0 heterocycles. The second kappa shape index (κ2) is 4.73. The molecule has 3 nitrogen and oxygen atoms in total. The van der Waals surface area contributed by atoms with E-state index in [9.17, 15) is 0 Å². The first-order chi connectivity index (χ1) is 7.15. The molecule has 0 N–H and O–H groups in total. The average molecular weight is 208 g/mol. The number of hydrogen-bond acceptors (Lipinski definition) is 3. The largest absolute Gasteiger partial charge is 0.493 e. The van der Waals surface area contributed by atoms with E-state index in [1.165, 1.54) is 0 Å². The Morgan fingerprint density at radius 2 is 1.60 bits per heavy atom. The van der Waals surface area contributed by atoms with Crippen molar-refractivity contribution in [2.45, 2.75) is 6.92 Å². The molecule has 15 heavy (non-hydrogen) atoms. The summed E-state index contributed by atoms with van der Waals surface area (Å²) < 4.78 is 15.7. The third-order valence-corrected chi connectivity index (χ3v) is 2.16. The Bertz CT molecular complexity index is 369. The van der Waals surface area contributed by atoms with E-state index in [1.54, 1.807) is 21.3 Å². The van der Waals surface area contributed by atoms with Crippen LogP contribution in [-0.4, -0.2) is 21.3 Å². The number of hydrogen-bond donors (Lipinski definition) is 0. The zero-order valence-electron chi connectivity index (χ0n) is 9.59. The Morgan fingerprint density at radius 1 is 1.00 bits per heavy atom. The van der Waals surface area contributed by atoms with Gasteiger partial charge in [0.2, 0.25) is 5.75 Å². The van der Waals surface area contributed by atoms with Gasteiger partial charge in [-0.1, -0.05) is 6.58 Å². The zero-order chi connectivity index (χ0) is 11.4. The molecule has 1 aromatic carbocycles. The van der Waals surface area contributed by atoms with Gasteiger partial charge in [0.25, 0.3) is 0 Å². The number of allylic oxidation sites excluding steroid dienone is 1. The molecule has 0 bridgehead atoms. The smallest absolute Gasteiger partial charge is 0.203 e. The minimum atomic E-state index is 0.598. The molecule has 0 saturated heterocycles. The summed E-state index contributed by atoms with van der Waals surface area (Å²) in [4.78, 5) is 0. The second-order valence-corrected chi connectivity index (χ2v) is 3.16. The van der Waals surface area contributed by atoms with E-state index in [-0.39, 0.29) is 0 Å². The number of benzene rings is 1. The van der Waals surface area contributed by atoms with Crippen LogP contribution in [0, 0.1) is 0 Å². The van der Waals surface area contributed by atoms with Crippen LogP contribution in [0.2, 0.25) is 0 Å². The van der Waals surface area contributed by atoms with Crippen molar-refractivity contribution in [3.63, 3.8) is 0 Å². The molecule has 1 aromatic rings. The molecule has 0 aliphatic carbocycles. The third kappa shape index (κ3) is 2.06. The van der Waals surface area contributed by atoms with Crippen molar-refractivity contribution in [3.05, 3.63) is 24.3 Å². The van der Waals surface area contributed by atoms with Gasteiger partial charge in [0.05, 0.1) is 21.3 Å². The lowest BCUT2D eigenvalue weighted by atomic mass is 10.1. The van der Waals surface area contributed by atoms with Gasteiger partial charge in [0, 0.05) is 5.56 Å². The van der Waals surface area contributed by atoms with Crippen LogP contribution in [-0.2, 0) is 0 Å². The van der Waals surface area contributed by atoms with E-state index in [1.807, 2.05) is 19.1 Å². The van der Waals surface area contributed by atoms with Gasteiger partial charge in [-0.3, -0.25) is 0 Å². The maximum absolute atomic E-state index is 5.31. The van der Waals surface area contributed by atoms with Crippen LogP contribution < -0.4 is 14.2 Å². The van der Waals surface area contributed by atoms with E-state index < -0.39 is 0 Å². The molecule has 82 valence electrons. The molecule has 0 radical (unpaired) electrons.